The SMILES string of the molecule is COc1cc2c(cc1-c1nnn(C)n1)-c1c(C=C(C)C)cc(C(=O)O)n1CC2. The highest BCUT2D eigenvalue weighted by Crippen LogP contribution is 2.41. The number of ether oxygens (including phenoxy) is 1. The molecule has 2 aromatic heterocycles. The standard InChI is InChI=1S/C20H21N5O3/c1-11(2)7-13-8-16(20(26)27)25-6-5-12-9-17(28-4)15(10-14(12)18(13)25)19-21-23-24(3)22-19/h7-10H,5-6H2,1-4H3,(H,26,27). The number of carboxylic acid groups (broad SMARTS) is 1. The molecule has 1 aliphatic rings. The Morgan fingerprint density at radius 1 is 1.25 bits per heavy atom. The third-order valence-electron chi connectivity index (χ3n) is 4.82. The molecule has 28 heavy (non-hydrogen) atoms. The number of carboxylic acids is 1. The van der Waals surface area contributed by atoms with Crippen molar-refractivity contribution in [2.24, 2.45) is 7.05 Å². The first-order chi connectivity index (χ1) is 13.4. The number of carbonyl (C=O) groups is 1. The van der Waals surface area contributed by atoms with Gasteiger partial charge in [-0.25, -0.2) is 4.79 Å². The Morgan fingerprint density at radius 2 is 2.04 bits per heavy atom. The summed E-state index contributed by atoms with van der Waals surface area (Å²) in [7, 11) is 3.32. The first-order valence-corrected chi connectivity index (χ1v) is 8.96. The number of nitrogens with zero attached hydrogens (tertiary/aromatic N) is 5. The van der Waals surface area contributed by atoms with Crippen molar-refractivity contribution in [1.29, 1.82) is 0 Å². The minimum atomic E-state index is -0.928. The topological polar surface area (TPSA) is 95.1 Å². The largest absolute Gasteiger partial charge is 0.496 e. The first-order valence-electron chi connectivity index (χ1n) is 8.96. The number of fused-ring (bicyclic) bond motifs is 3. The van der Waals surface area contributed by atoms with E-state index < -0.39 is 5.97 Å². The number of methoxy groups -OCH3 is 1. The van der Waals surface area contributed by atoms with Crippen molar-refractivity contribution >= 4 is 12.0 Å². The smallest absolute Gasteiger partial charge is 0.352 e. The van der Waals surface area contributed by atoms with Gasteiger partial charge in [-0.05, 0) is 49.2 Å². The number of aromatic carboxylic acids is 1. The molecule has 0 bridgehead atoms. The van der Waals surface area contributed by atoms with Crippen molar-refractivity contribution in [3.63, 3.8) is 0 Å². The Balaban J connectivity index is 2.00. The van der Waals surface area contributed by atoms with Crippen molar-refractivity contribution < 1.29 is 14.6 Å². The minimum Gasteiger partial charge on any atom is -0.496 e. The van der Waals surface area contributed by atoms with Gasteiger partial charge in [0, 0.05) is 17.7 Å². The van der Waals surface area contributed by atoms with E-state index >= 15 is 0 Å². The van der Waals surface area contributed by atoms with Gasteiger partial charge in [-0.3, -0.25) is 0 Å². The van der Waals surface area contributed by atoms with Crippen LogP contribution in [0.15, 0.2) is 23.8 Å². The molecule has 0 fully saturated rings. The second-order valence-electron chi connectivity index (χ2n) is 7.07. The molecule has 0 amide bonds. The van der Waals surface area contributed by atoms with E-state index in [0.717, 1.165) is 39.9 Å². The summed E-state index contributed by atoms with van der Waals surface area (Å²) < 4.78 is 7.45. The minimum absolute atomic E-state index is 0.295. The third kappa shape index (κ3) is 2.87. The number of tetrazole rings is 1. The quantitative estimate of drug-likeness (QED) is 0.749. The molecule has 1 aromatic carbocycles. The molecule has 0 radical (unpaired) electrons. The summed E-state index contributed by atoms with van der Waals surface area (Å²) in [6.45, 7) is 4.60. The van der Waals surface area contributed by atoms with E-state index in [-0.39, 0.29) is 0 Å². The molecule has 8 heteroatoms. The fourth-order valence-corrected chi connectivity index (χ4v) is 3.72. The highest BCUT2D eigenvalue weighted by Gasteiger charge is 2.27. The van der Waals surface area contributed by atoms with Gasteiger partial charge in [0.2, 0.25) is 5.82 Å². The van der Waals surface area contributed by atoms with Crippen LogP contribution in [0.5, 0.6) is 5.75 Å². The van der Waals surface area contributed by atoms with Crippen LogP contribution in [0.25, 0.3) is 28.7 Å². The molecule has 1 N–H and O–H groups in total. The zero-order valence-corrected chi connectivity index (χ0v) is 16.2. The second-order valence-corrected chi connectivity index (χ2v) is 7.07. The Labute approximate surface area is 162 Å². The first kappa shape index (κ1) is 18.0. The number of allylic oxidation sites excluding steroid dienone is 1. The Morgan fingerprint density at radius 3 is 2.64 bits per heavy atom. The molecular formula is C20H21N5O3. The molecule has 1 aliphatic heterocycles. The Hall–Kier alpha value is -3.42. The zero-order valence-electron chi connectivity index (χ0n) is 16.2. The molecule has 8 nitrogen and oxygen atoms in total. The van der Waals surface area contributed by atoms with Crippen LogP contribution in [0.2, 0.25) is 0 Å². The lowest BCUT2D eigenvalue weighted by molar-refractivity contribution is 0.0685. The van der Waals surface area contributed by atoms with Crippen LogP contribution in [0.1, 0.15) is 35.5 Å². The van der Waals surface area contributed by atoms with Gasteiger partial charge < -0.3 is 14.4 Å². The fourth-order valence-electron chi connectivity index (χ4n) is 3.72. The van der Waals surface area contributed by atoms with Crippen LogP contribution in [-0.4, -0.2) is 43.0 Å². The van der Waals surface area contributed by atoms with E-state index in [1.807, 2.05) is 36.6 Å². The highest BCUT2D eigenvalue weighted by molar-refractivity contribution is 5.92. The van der Waals surface area contributed by atoms with Crippen molar-refractivity contribution in [3.05, 3.63) is 40.6 Å². The van der Waals surface area contributed by atoms with Crippen LogP contribution in [0, 0.1) is 0 Å². The maximum Gasteiger partial charge on any atom is 0.352 e. The highest BCUT2D eigenvalue weighted by atomic mass is 16.5. The summed E-state index contributed by atoms with van der Waals surface area (Å²) >= 11 is 0. The Bertz CT molecular complexity index is 1120. The molecule has 0 spiro atoms. The summed E-state index contributed by atoms with van der Waals surface area (Å²) in [4.78, 5) is 13.2. The van der Waals surface area contributed by atoms with Crippen molar-refractivity contribution in [2.45, 2.75) is 26.8 Å². The van der Waals surface area contributed by atoms with Gasteiger partial charge in [-0.1, -0.05) is 11.6 Å². The Kier molecular flexibility index (Phi) is 4.26. The molecule has 0 atom stereocenters. The molecule has 4 rings (SSSR count). The number of hydrogen-bond acceptors (Lipinski definition) is 5. The summed E-state index contributed by atoms with van der Waals surface area (Å²) in [5.41, 5.74) is 5.98. The molecule has 0 saturated carbocycles. The second kappa shape index (κ2) is 6.63. The van der Waals surface area contributed by atoms with Crippen LogP contribution < -0.4 is 4.74 Å². The maximum atomic E-state index is 11.8. The number of benzene rings is 1. The van der Waals surface area contributed by atoms with E-state index in [4.69, 9.17) is 4.74 Å². The predicted molar refractivity (Wildman–Crippen MR) is 104 cm³/mol. The molecule has 144 valence electrons. The lowest BCUT2D eigenvalue weighted by Crippen LogP contribution is -2.16. The monoisotopic (exact) mass is 379 g/mol. The molecule has 3 aromatic rings. The number of aromatic nitrogens is 5. The molecule has 0 aliphatic carbocycles. The summed E-state index contributed by atoms with van der Waals surface area (Å²) in [5, 5.41) is 22.0. The van der Waals surface area contributed by atoms with Gasteiger partial charge in [0.15, 0.2) is 0 Å². The van der Waals surface area contributed by atoms with Gasteiger partial charge in [0.25, 0.3) is 0 Å². The average Bonchev–Trinajstić information content (AvgIpc) is 3.24. The van der Waals surface area contributed by atoms with E-state index in [0.29, 0.717) is 23.8 Å². The van der Waals surface area contributed by atoms with E-state index in [1.54, 1.807) is 20.2 Å². The van der Waals surface area contributed by atoms with Gasteiger partial charge in [-0.15, -0.1) is 10.2 Å². The van der Waals surface area contributed by atoms with Crippen molar-refractivity contribution in [1.82, 2.24) is 24.8 Å². The van der Waals surface area contributed by atoms with E-state index in [1.165, 1.54) is 4.80 Å². The molecular weight excluding hydrogens is 358 g/mol. The zero-order chi connectivity index (χ0) is 20.0. The summed E-state index contributed by atoms with van der Waals surface area (Å²) in [6.07, 6.45) is 2.73. The lowest BCUT2D eigenvalue weighted by Gasteiger charge is -2.23. The van der Waals surface area contributed by atoms with E-state index in [9.17, 15) is 9.90 Å². The van der Waals surface area contributed by atoms with Gasteiger partial charge in [0.1, 0.15) is 11.4 Å². The third-order valence-corrected chi connectivity index (χ3v) is 4.82. The normalized spacial score (nSPS) is 12.3. The average molecular weight is 379 g/mol. The predicted octanol–water partition coefficient (Wildman–Crippen LogP) is 3.03. The summed E-state index contributed by atoms with van der Waals surface area (Å²) in [6, 6.07) is 5.71. The lowest BCUT2D eigenvalue weighted by atomic mass is 9.93. The molecule has 3 heterocycles. The van der Waals surface area contributed by atoms with Crippen LogP contribution in [-0.2, 0) is 20.0 Å². The maximum absolute atomic E-state index is 11.8. The van der Waals surface area contributed by atoms with Crippen molar-refractivity contribution in [2.75, 3.05) is 7.11 Å². The molecule has 0 unspecified atom stereocenters. The number of rotatable bonds is 4. The van der Waals surface area contributed by atoms with Gasteiger partial charge in [0.05, 0.1) is 25.4 Å². The van der Waals surface area contributed by atoms with Crippen LogP contribution in [0.4, 0.5) is 0 Å². The van der Waals surface area contributed by atoms with Crippen LogP contribution >= 0.6 is 0 Å². The van der Waals surface area contributed by atoms with E-state index in [2.05, 4.69) is 15.4 Å². The summed E-state index contributed by atoms with van der Waals surface area (Å²) in [5.74, 6) is 0.212. The van der Waals surface area contributed by atoms with Gasteiger partial charge in [-0.2, -0.15) is 4.80 Å². The molecule has 0 saturated heterocycles. The van der Waals surface area contributed by atoms with Gasteiger partial charge >= 0.3 is 5.97 Å². The number of hydrogen-bond donors (Lipinski definition) is 1. The number of aryl methyl sites for hydroxylation is 2. The van der Waals surface area contributed by atoms with Crippen LogP contribution in [0.3, 0.4) is 0 Å². The van der Waals surface area contributed by atoms with Crippen molar-refractivity contribution in [3.8, 4) is 28.4 Å². The fraction of sp³-hybridized carbons (Fsp3) is 0.300.